The molecular weight excluding hydrogens is 126 g/mol. The third-order valence-corrected chi connectivity index (χ3v) is 0.772. The molecule has 0 spiro atoms. The van der Waals surface area contributed by atoms with E-state index in [-0.39, 0.29) is 6.17 Å². The van der Waals surface area contributed by atoms with Gasteiger partial charge in [0.1, 0.15) is 0 Å². The van der Waals surface area contributed by atoms with Gasteiger partial charge in [0.15, 0.2) is 0 Å². The predicted octanol–water partition coefficient (Wildman–Crippen LogP) is 0.955. The summed E-state index contributed by atoms with van der Waals surface area (Å²) in [5.74, 6) is 0.875. The lowest BCUT2D eigenvalue weighted by Crippen LogP contribution is -2.37. The topological polar surface area (TPSA) is 50.4 Å². The molecule has 0 aromatic rings. The molecule has 0 aliphatic rings. The highest BCUT2D eigenvalue weighted by atomic mass is 15.1. The second-order valence-electron chi connectivity index (χ2n) is 1.74. The minimum absolute atomic E-state index is 0.00120. The first-order chi connectivity index (χ1) is 4.66. The Morgan fingerprint density at radius 1 is 1.50 bits per heavy atom. The Morgan fingerprint density at radius 3 is 2.00 bits per heavy atom. The van der Waals surface area contributed by atoms with Gasteiger partial charge in [-0.05, 0) is 13.8 Å². The van der Waals surface area contributed by atoms with Gasteiger partial charge in [-0.15, -0.1) is 0 Å². The van der Waals surface area contributed by atoms with Crippen LogP contribution in [0.1, 0.15) is 27.7 Å². The van der Waals surface area contributed by atoms with Crippen LogP contribution in [0, 0.1) is 0 Å². The summed E-state index contributed by atoms with van der Waals surface area (Å²) in [6, 6.07) is 0. The Bertz CT molecular complexity index is 86.9. The summed E-state index contributed by atoms with van der Waals surface area (Å²) >= 11 is 0. The highest BCUT2D eigenvalue weighted by Gasteiger charge is 1.89. The smallest absolute Gasteiger partial charge is 0.0940 e. The molecule has 0 saturated carbocycles. The summed E-state index contributed by atoms with van der Waals surface area (Å²) in [5.41, 5.74) is 5.38. The molecule has 0 saturated heterocycles. The fraction of sp³-hybridized carbons (Fsp3) is 0.857. The van der Waals surface area contributed by atoms with E-state index in [4.69, 9.17) is 5.73 Å². The molecule has 0 bridgehead atoms. The van der Waals surface area contributed by atoms with Crippen molar-refractivity contribution in [1.29, 1.82) is 0 Å². The SMILES string of the molecule is CC.CN=C(C)NC(C)N. The molecule has 3 N–H and O–H groups in total. The molecule has 0 fully saturated rings. The van der Waals surface area contributed by atoms with Crippen LogP contribution < -0.4 is 11.1 Å². The molecule has 3 heteroatoms. The van der Waals surface area contributed by atoms with Crippen molar-refractivity contribution in [3.8, 4) is 0 Å². The second-order valence-corrected chi connectivity index (χ2v) is 1.74. The van der Waals surface area contributed by atoms with E-state index < -0.39 is 0 Å². The van der Waals surface area contributed by atoms with Crippen LogP contribution in [0.3, 0.4) is 0 Å². The molecule has 0 radical (unpaired) electrons. The summed E-state index contributed by atoms with van der Waals surface area (Å²) < 4.78 is 0. The first kappa shape index (κ1) is 12.1. The van der Waals surface area contributed by atoms with E-state index in [1.807, 2.05) is 27.7 Å². The Labute approximate surface area is 63.7 Å². The largest absolute Gasteiger partial charge is 0.359 e. The van der Waals surface area contributed by atoms with Crippen molar-refractivity contribution in [3.63, 3.8) is 0 Å². The fourth-order valence-electron chi connectivity index (χ4n) is 0.394. The Balaban J connectivity index is 0. The van der Waals surface area contributed by atoms with Crippen molar-refractivity contribution in [2.24, 2.45) is 10.7 Å². The van der Waals surface area contributed by atoms with Crippen LogP contribution in [0.4, 0.5) is 0 Å². The van der Waals surface area contributed by atoms with E-state index in [1.54, 1.807) is 7.05 Å². The van der Waals surface area contributed by atoms with Crippen LogP contribution in [-0.2, 0) is 0 Å². The molecule has 1 unspecified atom stereocenters. The molecular formula is C7H19N3. The standard InChI is InChI=1S/C5H13N3.C2H6/c1-4(6)8-5(2)7-3;1-2/h4H,6H2,1-3H3,(H,7,8);1-2H3. The number of aliphatic imine (C=N–C) groups is 1. The minimum atomic E-state index is -0.00120. The zero-order valence-electron chi connectivity index (χ0n) is 7.60. The number of rotatable bonds is 1. The molecule has 0 rings (SSSR count). The van der Waals surface area contributed by atoms with Crippen LogP contribution in [-0.4, -0.2) is 19.0 Å². The maximum atomic E-state index is 5.38. The first-order valence-electron chi connectivity index (χ1n) is 3.62. The maximum Gasteiger partial charge on any atom is 0.0940 e. The van der Waals surface area contributed by atoms with Gasteiger partial charge in [-0.1, -0.05) is 13.8 Å². The van der Waals surface area contributed by atoms with E-state index in [2.05, 4.69) is 10.3 Å². The van der Waals surface area contributed by atoms with Gasteiger partial charge in [0.05, 0.1) is 12.0 Å². The number of hydrogen-bond acceptors (Lipinski definition) is 2. The lowest BCUT2D eigenvalue weighted by molar-refractivity contribution is 0.695. The lowest BCUT2D eigenvalue weighted by atomic mass is 10.5. The molecule has 0 amide bonds. The van der Waals surface area contributed by atoms with E-state index >= 15 is 0 Å². The Kier molecular flexibility index (Phi) is 10.2. The normalized spacial score (nSPS) is 13.2. The summed E-state index contributed by atoms with van der Waals surface area (Å²) in [6.07, 6.45) is -0.00120. The molecule has 62 valence electrons. The number of nitrogens with two attached hydrogens (primary N) is 1. The minimum Gasteiger partial charge on any atom is -0.359 e. The van der Waals surface area contributed by atoms with Crippen molar-refractivity contribution in [2.45, 2.75) is 33.9 Å². The monoisotopic (exact) mass is 145 g/mol. The van der Waals surface area contributed by atoms with E-state index in [0.29, 0.717) is 0 Å². The average molecular weight is 145 g/mol. The Hall–Kier alpha value is -0.570. The Morgan fingerprint density at radius 2 is 1.90 bits per heavy atom. The van der Waals surface area contributed by atoms with E-state index in [9.17, 15) is 0 Å². The van der Waals surface area contributed by atoms with Crippen molar-refractivity contribution in [2.75, 3.05) is 7.05 Å². The number of nitrogens with zero attached hydrogens (tertiary/aromatic N) is 1. The summed E-state index contributed by atoms with van der Waals surface area (Å²) in [6.45, 7) is 7.75. The van der Waals surface area contributed by atoms with Gasteiger partial charge < -0.3 is 11.1 Å². The third kappa shape index (κ3) is 10.4. The van der Waals surface area contributed by atoms with Gasteiger partial charge in [0, 0.05) is 7.05 Å². The molecule has 10 heavy (non-hydrogen) atoms. The molecule has 0 aliphatic heterocycles. The highest BCUT2D eigenvalue weighted by Crippen LogP contribution is 1.69. The zero-order chi connectivity index (χ0) is 8.57. The molecule has 0 aromatic carbocycles. The molecule has 1 atom stereocenters. The van der Waals surface area contributed by atoms with Crippen molar-refractivity contribution < 1.29 is 0 Å². The summed E-state index contributed by atoms with van der Waals surface area (Å²) in [7, 11) is 1.73. The van der Waals surface area contributed by atoms with Crippen LogP contribution in [0.25, 0.3) is 0 Å². The van der Waals surface area contributed by atoms with Crippen LogP contribution in [0.15, 0.2) is 4.99 Å². The van der Waals surface area contributed by atoms with E-state index in [1.165, 1.54) is 0 Å². The van der Waals surface area contributed by atoms with Crippen molar-refractivity contribution in [3.05, 3.63) is 0 Å². The quantitative estimate of drug-likeness (QED) is 0.328. The first-order valence-corrected chi connectivity index (χ1v) is 3.62. The fourth-order valence-corrected chi connectivity index (χ4v) is 0.394. The van der Waals surface area contributed by atoms with Gasteiger partial charge in [-0.3, -0.25) is 4.99 Å². The lowest BCUT2D eigenvalue weighted by Gasteiger charge is -2.06. The molecule has 0 heterocycles. The van der Waals surface area contributed by atoms with Gasteiger partial charge in [0.25, 0.3) is 0 Å². The summed E-state index contributed by atoms with van der Waals surface area (Å²) in [5, 5.41) is 2.92. The molecule has 0 aliphatic carbocycles. The van der Waals surface area contributed by atoms with Crippen LogP contribution in [0.5, 0.6) is 0 Å². The van der Waals surface area contributed by atoms with Crippen LogP contribution in [0.2, 0.25) is 0 Å². The number of nitrogens with one attached hydrogen (secondary N) is 1. The third-order valence-electron chi connectivity index (χ3n) is 0.772. The average Bonchev–Trinajstić information content (AvgIpc) is 1.91. The van der Waals surface area contributed by atoms with Crippen molar-refractivity contribution >= 4 is 5.84 Å². The number of amidine groups is 1. The van der Waals surface area contributed by atoms with Gasteiger partial charge in [0.2, 0.25) is 0 Å². The second kappa shape index (κ2) is 8.43. The van der Waals surface area contributed by atoms with Crippen LogP contribution >= 0.6 is 0 Å². The zero-order valence-corrected chi connectivity index (χ0v) is 7.60. The van der Waals surface area contributed by atoms with Gasteiger partial charge in [-0.25, -0.2) is 0 Å². The predicted molar refractivity (Wildman–Crippen MR) is 47.2 cm³/mol. The molecule has 0 aromatic heterocycles. The number of hydrogen-bond donors (Lipinski definition) is 2. The van der Waals surface area contributed by atoms with Crippen molar-refractivity contribution in [1.82, 2.24) is 5.32 Å². The maximum absolute atomic E-state index is 5.38. The molecule has 3 nitrogen and oxygen atoms in total. The van der Waals surface area contributed by atoms with Gasteiger partial charge >= 0.3 is 0 Å². The summed E-state index contributed by atoms with van der Waals surface area (Å²) in [4.78, 5) is 3.85. The van der Waals surface area contributed by atoms with Gasteiger partial charge in [-0.2, -0.15) is 0 Å². The van der Waals surface area contributed by atoms with E-state index in [0.717, 1.165) is 5.84 Å². The highest BCUT2D eigenvalue weighted by molar-refractivity contribution is 5.79.